The minimum Gasteiger partial charge on any atom is -0.376 e. The number of hydrogen-bond donors (Lipinski definition) is 0. The predicted molar refractivity (Wildman–Crippen MR) is 115 cm³/mol. The fourth-order valence-electron chi connectivity index (χ4n) is 4.09. The monoisotopic (exact) mass is 415 g/mol. The van der Waals surface area contributed by atoms with Gasteiger partial charge >= 0.3 is 0 Å². The van der Waals surface area contributed by atoms with Crippen molar-refractivity contribution in [1.82, 2.24) is 14.5 Å². The summed E-state index contributed by atoms with van der Waals surface area (Å²) in [5.41, 5.74) is 0.620. The number of amides is 1. The van der Waals surface area contributed by atoms with Crippen molar-refractivity contribution in [2.75, 3.05) is 19.7 Å². The minimum atomic E-state index is -0.285. The van der Waals surface area contributed by atoms with Gasteiger partial charge < -0.3 is 9.64 Å². The summed E-state index contributed by atoms with van der Waals surface area (Å²) in [6.07, 6.45) is 4.11. The molecule has 156 valence electrons. The zero-order chi connectivity index (χ0) is 20.4. The van der Waals surface area contributed by atoms with E-state index in [2.05, 4.69) is 6.92 Å². The summed E-state index contributed by atoms with van der Waals surface area (Å²) in [6.45, 7) is 7.02. The first-order valence-corrected chi connectivity index (χ1v) is 11.5. The van der Waals surface area contributed by atoms with Crippen molar-refractivity contribution >= 4 is 28.6 Å². The first kappa shape index (κ1) is 20.4. The molecular weight excluding hydrogens is 386 g/mol. The fourth-order valence-corrected chi connectivity index (χ4v) is 5.09. The van der Waals surface area contributed by atoms with E-state index in [0.717, 1.165) is 45.4 Å². The van der Waals surface area contributed by atoms with Crippen LogP contribution in [0, 0.1) is 5.92 Å². The van der Waals surface area contributed by atoms with Crippen LogP contribution >= 0.6 is 11.8 Å². The number of hydrogen-bond acceptors (Lipinski definition) is 5. The molecule has 6 nitrogen and oxygen atoms in total. The Labute approximate surface area is 175 Å². The predicted octanol–water partition coefficient (Wildman–Crippen LogP) is 3.31. The molecular formula is C22H29N3O3S. The molecule has 0 spiro atoms. The molecule has 0 N–H and O–H groups in total. The van der Waals surface area contributed by atoms with Crippen LogP contribution in [0.4, 0.5) is 0 Å². The third-order valence-electron chi connectivity index (χ3n) is 5.96. The van der Waals surface area contributed by atoms with Gasteiger partial charge in [-0.2, -0.15) is 0 Å². The van der Waals surface area contributed by atoms with Gasteiger partial charge in [-0.3, -0.25) is 14.2 Å². The van der Waals surface area contributed by atoms with Crippen molar-refractivity contribution < 1.29 is 9.53 Å². The summed E-state index contributed by atoms with van der Waals surface area (Å²) in [4.78, 5) is 32.9. The lowest BCUT2D eigenvalue weighted by molar-refractivity contribution is -0.131. The Kier molecular flexibility index (Phi) is 6.25. The van der Waals surface area contributed by atoms with Gasteiger partial charge in [-0.05, 0) is 50.7 Å². The van der Waals surface area contributed by atoms with Crippen LogP contribution in [0.1, 0.15) is 39.5 Å². The summed E-state index contributed by atoms with van der Waals surface area (Å²) in [7, 11) is 0. The molecule has 0 saturated carbocycles. The average Bonchev–Trinajstić information content (AvgIpc) is 3.24. The van der Waals surface area contributed by atoms with Crippen LogP contribution in [0.15, 0.2) is 34.2 Å². The number of fused-ring (bicyclic) bond motifs is 1. The van der Waals surface area contributed by atoms with Crippen molar-refractivity contribution in [2.45, 2.75) is 62.6 Å². The van der Waals surface area contributed by atoms with Gasteiger partial charge in [0.1, 0.15) is 0 Å². The van der Waals surface area contributed by atoms with Crippen LogP contribution in [0.5, 0.6) is 0 Å². The van der Waals surface area contributed by atoms with Crippen LogP contribution in [0.2, 0.25) is 0 Å². The molecule has 29 heavy (non-hydrogen) atoms. The van der Waals surface area contributed by atoms with E-state index in [4.69, 9.17) is 9.72 Å². The highest BCUT2D eigenvalue weighted by atomic mass is 32.2. The Morgan fingerprint density at radius 1 is 1.28 bits per heavy atom. The number of carbonyl (C=O) groups is 1. The lowest BCUT2D eigenvalue weighted by Gasteiger charge is -2.32. The van der Waals surface area contributed by atoms with Gasteiger partial charge in [0.15, 0.2) is 5.16 Å². The highest BCUT2D eigenvalue weighted by Crippen LogP contribution is 2.27. The van der Waals surface area contributed by atoms with Crippen molar-refractivity contribution in [1.29, 1.82) is 0 Å². The molecule has 4 rings (SSSR count). The molecule has 3 heterocycles. The fraction of sp³-hybridized carbons (Fsp3) is 0.591. The molecule has 2 aromatic rings. The molecule has 1 aromatic heterocycles. The molecule has 0 aliphatic carbocycles. The molecule has 2 aliphatic rings. The van der Waals surface area contributed by atoms with Gasteiger partial charge in [0.05, 0.1) is 28.8 Å². The summed E-state index contributed by atoms with van der Waals surface area (Å²) in [5, 5.41) is 0.932. The standard InChI is InChI=1S/C22H29N3O3S/c1-15-9-11-24(12-10-15)20(26)16(2)29-22-23-19-8-4-3-7-18(19)21(27)25(22)14-17-6-5-13-28-17/h3-4,7-8,15-17H,5-6,9-14H2,1-2H3/t16-,17+/m1/s1. The molecule has 2 atom stereocenters. The lowest BCUT2D eigenvalue weighted by Crippen LogP contribution is -2.42. The number of aromatic nitrogens is 2. The maximum absolute atomic E-state index is 13.2. The molecule has 0 unspecified atom stereocenters. The first-order chi connectivity index (χ1) is 14.0. The zero-order valence-corrected chi connectivity index (χ0v) is 18.0. The number of likely N-dealkylation sites (tertiary alicyclic amines) is 1. The highest BCUT2D eigenvalue weighted by Gasteiger charge is 2.27. The number of rotatable bonds is 5. The average molecular weight is 416 g/mol. The van der Waals surface area contributed by atoms with Gasteiger partial charge in [-0.15, -0.1) is 0 Å². The summed E-state index contributed by atoms with van der Waals surface area (Å²) >= 11 is 1.39. The quantitative estimate of drug-likeness (QED) is 0.554. The van der Waals surface area contributed by atoms with Gasteiger partial charge in [0.25, 0.3) is 5.56 Å². The van der Waals surface area contributed by atoms with E-state index >= 15 is 0 Å². The van der Waals surface area contributed by atoms with Gasteiger partial charge in [-0.25, -0.2) is 4.98 Å². The van der Waals surface area contributed by atoms with Crippen molar-refractivity contribution in [3.05, 3.63) is 34.6 Å². The van der Waals surface area contributed by atoms with E-state index in [1.807, 2.05) is 36.1 Å². The van der Waals surface area contributed by atoms with E-state index in [1.165, 1.54) is 11.8 Å². The van der Waals surface area contributed by atoms with Crippen LogP contribution in [-0.2, 0) is 16.1 Å². The number of benzene rings is 1. The minimum absolute atomic E-state index is 0.0320. The Hall–Kier alpha value is -1.86. The summed E-state index contributed by atoms with van der Waals surface area (Å²) in [5.74, 6) is 0.814. The third kappa shape index (κ3) is 4.51. The third-order valence-corrected chi connectivity index (χ3v) is 7.04. The maximum Gasteiger partial charge on any atom is 0.262 e. The van der Waals surface area contributed by atoms with Crippen LogP contribution in [0.3, 0.4) is 0 Å². The molecule has 2 saturated heterocycles. The number of piperidine rings is 1. The number of ether oxygens (including phenoxy) is 1. The lowest BCUT2D eigenvalue weighted by atomic mass is 9.99. The number of nitrogens with zero attached hydrogens (tertiary/aromatic N) is 3. The van der Waals surface area contributed by atoms with Crippen LogP contribution < -0.4 is 5.56 Å². The molecule has 1 aromatic carbocycles. The van der Waals surface area contributed by atoms with E-state index in [-0.39, 0.29) is 22.8 Å². The number of para-hydroxylation sites is 1. The van der Waals surface area contributed by atoms with E-state index < -0.39 is 0 Å². The van der Waals surface area contributed by atoms with Crippen molar-refractivity contribution in [2.24, 2.45) is 5.92 Å². The zero-order valence-electron chi connectivity index (χ0n) is 17.2. The van der Waals surface area contributed by atoms with Crippen molar-refractivity contribution in [3.63, 3.8) is 0 Å². The largest absolute Gasteiger partial charge is 0.376 e. The highest BCUT2D eigenvalue weighted by molar-refractivity contribution is 8.00. The molecule has 7 heteroatoms. The van der Waals surface area contributed by atoms with E-state index in [1.54, 1.807) is 4.57 Å². The van der Waals surface area contributed by atoms with Crippen molar-refractivity contribution in [3.8, 4) is 0 Å². The smallest absolute Gasteiger partial charge is 0.262 e. The molecule has 1 amide bonds. The normalized spacial score (nSPS) is 21.6. The first-order valence-electron chi connectivity index (χ1n) is 10.6. The molecule has 0 bridgehead atoms. The van der Waals surface area contributed by atoms with Gasteiger partial charge in [0, 0.05) is 19.7 Å². The summed E-state index contributed by atoms with van der Waals surface area (Å²) < 4.78 is 7.48. The summed E-state index contributed by atoms with van der Waals surface area (Å²) in [6, 6.07) is 7.42. The Morgan fingerprint density at radius 2 is 2.03 bits per heavy atom. The molecule has 2 fully saturated rings. The second-order valence-electron chi connectivity index (χ2n) is 8.23. The number of thioether (sulfide) groups is 1. The van der Waals surface area contributed by atoms with Gasteiger partial charge in [-0.1, -0.05) is 30.8 Å². The Bertz CT molecular complexity index is 931. The maximum atomic E-state index is 13.2. The second-order valence-corrected chi connectivity index (χ2v) is 9.54. The van der Waals surface area contributed by atoms with Crippen LogP contribution in [-0.4, -0.2) is 51.4 Å². The molecule has 2 aliphatic heterocycles. The Balaban J connectivity index is 1.60. The van der Waals surface area contributed by atoms with Gasteiger partial charge in [0.2, 0.25) is 5.91 Å². The molecule has 0 radical (unpaired) electrons. The SMILES string of the molecule is CC1CCN(C(=O)[C@@H](C)Sc2nc3ccccc3c(=O)n2C[C@@H]2CCCO2)CC1. The number of carbonyl (C=O) groups excluding carboxylic acids is 1. The topological polar surface area (TPSA) is 64.4 Å². The van der Waals surface area contributed by atoms with E-state index in [9.17, 15) is 9.59 Å². The Morgan fingerprint density at radius 3 is 2.76 bits per heavy atom. The van der Waals surface area contributed by atoms with Crippen LogP contribution in [0.25, 0.3) is 10.9 Å². The van der Waals surface area contributed by atoms with E-state index in [0.29, 0.717) is 28.5 Å². The second kappa shape index (κ2) is 8.88.